The van der Waals surface area contributed by atoms with Crippen molar-refractivity contribution in [2.45, 2.75) is 37.2 Å². The van der Waals surface area contributed by atoms with Crippen molar-refractivity contribution in [3.05, 3.63) is 71.3 Å². The largest absolute Gasteiger partial charge is 0.497 e. The Bertz CT molecular complexity index is 1430. The summed E-state index contributed by atoms with van der Waals surface area (Å²) in [7, 11) is 4.51. The molecule has 0 N–H and O–H groups in total. The Labute approximate surface area is 241 Å². The molecule has 10 nitrogen and oxygen atoms in total. The summed E-state index contributed by atoms with van der Waals surface area (Å²) in [5.41, 5.74) is 0.547. The third-order valence-electron chi connectivity index (χ3n) is 6.88. The molecule has 0 saturated heterocycles. The van der Waals surface area contributed by atoms with Crippen LogP contribution in [-0.2, 0) is 38.1 Å². The SMILES string of the molecule is COC(=O)C(C)(C)c1ccc(OC)c(S(=O)(=O)N(Cc2ccc(OC)cc2OC)Cc2ccc(OC)cc2OC)c1. The lowest BCUT2D eigenvalue weighted by Crippen LogP contribution is -2.33. The molecule has 11 heteroatoms. The molecule has 222 valence electrons. The van der Waals surface area contributed by atoms with Gasteiger partial charge in [0.05, 0.1) is 48.1 Å². The van der Waals surface area contributed by atoms with E-state index in [1.165, 1.54) is 59.1 Å². The molecule has 0 aliphatic rings. The second-order valence-electron chi connectivity index (χ2n) is 9.61. The minimum absolute atomic E-state index is 0.0571. The predicted octanol–water partition coefficient (Wildman–Crippen LogP) is 4.57. The van der Waals surface area contributed by atoms with Gasteiger partial charge in [-0.15, -0.1) is 0 Å². The number of rotatable bonds is 13. The average molecular weight is 588 g/mol. The van der Waals surface area contributed by atoms with Crippen LogP contribution in [0.4, 0.5) is 0 Å². The van der Waals surface area contributed by atoms with E-state index >= 15 is 0 Å². The van der Waals surface area contributed by atoms with E-state index in [0.717, 1.165) is 0 Å². The molecular weight excluding hydrogens is 550 g/mol. The molecule has 3 rings (SSSR count). The Kier molecular flexibility index (Phi) is 10.1. The predicted molar refractivity (Wildman–Crippen MR) is 154 cm³/mol. The Hall–Kier alpha value is -3.96. The third-order valence-corrected chi connectivity index (χ3v) is 8.69. The Morgan fingerprint density at radius 3 is 1.59 bits per heavy atom. The molecule has 0 spiro atoms. The van der Waals surface area contributed by atoms with Gasteiger partial charge in [0, 0.05) is 36.3 Å². The van der Waals surface area contributed by atoms with E-state index in [9.17, 15) is 13.2 Å². The fourth-order valence-electron chi connectivity index (χ4n) is 4.35. The summed E-state index contributed by atoms with van der Waals surface area (Å²) < 4.78 is 62.5. The molecule has 0 aliphatic carbocycles. The van der Waals surface area contributed by atoms with E-state index in [1.807, 2.05) is 0 Å². The molecule has 0 saturated carbocycles. The van der Waals surface area contributed by atoms with Gasteiger partial charge in [0.1, 0.15) is 33.6 Å². The summed E-state index contributed by atoms with van der Waals surface area (Å²) in [6, 6.07) is 15.0. The molecule has 0 unspecified atom stereocenters. The topological polar surface area (TPSA) is 110 Å². The normalized spacial score (nSPS) is 11.6. The van der Waals surface area contributed by atoms with Crippen molar-refractivity contribution in [2.24, 2.45) is 0 Å². The number of ether oxygens (including phenoxy) is 6. The van der Waals surface area contributed by atoms with Crippen LogP contribution in [0.5, 0.6) is 28.7 Å². The lowest BCUT2D eigenvalue weighted by molar-refractivity contribution is -0.146. The van der Waals surface area contributed by atoms with Gasteiger partial charge in [-0.1, -0.05) is 18.2 Å². The monoisotopic (exact) mass is 587 g/mol. The van der Waals surface area contributed by atoms with E-state index in [0.29, 0.717) is 39.7 Å². The smallest absolute Gasteiger partial charge is 0.315 e. The fourth-order valence-corrected chi connectivity index (χ4v) is 5.93. The van der Waals surface area contributed by atoms with Crippen molar-refractivity contribution in [3.63, 3.8) is 0 Å². The van der Waals surface area contributed by atoms with Gasteiger partial charge in [0.2, 0.25) is 10.0 Å². The first-order valence-corrected chi connectivity index (χ1v) is 14.1. The number of carbonyl (C=O) groups is 1. The minimum Gasteiger partial charge on any atom is -0.497 e. The van der Waals surface area contributed by atoms with Gasteiger partial charge in [-0.3, -0.25) is 4.79 Å². The molecule has 0 radical (unpaired) electrons. The molecule has 0 atom stereocenters. The van der Waals surface area contributed by atoms with Gasteiger partial charge in [0.15, 0.2) is 0 Å². The van der Waals surface area contributed by atoms with Crippen molar-refractivity contribution < 1.29 is 41.6 Å². The molecule has 41 heavy (non-hydrogen) atoms. The van der Waals surface area contributed by atoms with Crippen molar-refractivity contribution in [2.75, 3.05) is 42.7 Å². The molecule has 0 aliphatic heterocycles. The average Bonchev–Trinajstić information content (AvgIpc) is 2.99. The summed E-state index contributed by atoms with van der Waals surface area (Å²) in [6.45, 7) is 3.22. The van der Waals surface area contributed by atoms with Crippen molar-refractivity contribution in [3.8, 4) is 28.7 Å². The van der Waals surface area contributed by atoms with Crippen LogP contribution in [0.25, 0.3) is 0 Å². The molecule has 0 amide bonds. The number of hydrogen-bond acceptors (Lipinski definition) is 9. The van der Waals surface area contributed by atoms with Crippen LogP contribution < -0.4 is 23.7 Å². The van der Waals surface area contributed by atoms with Crippen LogP contribution in [0.1, 0.15) is 30.5 Å². The highest BCUT2D eigenvalue weighted by atomic mass is 32.2. The van der Waals surface area contributed by atoms with Gasteiger partial charge in [-0.05, 0) is 43.7 Å². The first-order chi connectivity index (χ1) is 19.5. The molecule has 0 aromatic heterocycles. The van der Waals surface area contributed by atoms with Crippen molar-refractivity contribution >= 4 is 16.0 Å². The standard InChI is InChI=1S/C30H37NO9S/c1-30(2,29(32)40-8)22-11-14-25(37-5)28(15-22)41(33,34)31(18-20-9-12-23(35-3)16-26(20)38-6)19-21-10-13-24(36-4)17-27(21)39-7/h9-17H,18-19H2,1-8H3. The van der Waals surface area contributed by atoms with E-state index in [1.54, 1.807) is 56.3 Å². The molecule has 3 aromatic rings. The van der Waals surface area contributed by atoms with Crippen LogP contribution in [-0.4, -0.2) is 61.4 Å². The zero-order valence-corrected chi connectivity index (χ0v) is 25.5. The van der Waals surface area contributed by atoms with Crippen LogP contribution in [0.3, 0.4) is 0 Å². The van der Waals surface area contributed by atoms with Crippen LogP contribution in [0, 0.1) is 0 Å². The molecular formula is C30H37NO9S. The maximum absolute atomic E-state index is 14.5. The highest BCUT2D eigenvalue weighted by Gasteiger charge is 2.35. The van der Waals surface area contributed by atoms with Gasteiger partial charge in [0.25, 0.3) is 0 Å². The number of sulfonamides is 1. The third kappa shape index (κ3) is 6.68. The lowest BCUT2D eigenvalue weighted by Gasteiger charge is -2.27. The molecule has 0 heterocycles. The zero-order chi connectivity index (χ0) is 30.4. The molecule has 0 bridgehead atoms. The van der Waals surface area contributed by atoms with E-state index < -0.39 is 21.4 Å². The minimum atomic E-state index is -4.25. The van der Waals surface area contributed by atoms with E-state index in [2.05, 4.69) is 0 Å². The maximum Gasteiger partial charge on any atom is 0.315 e. The number of benzene rings is 3. The summed E-state index contributed by atoms with van der Waals surface area (Å²) in [5, 5.41) is 0. The van der Waals surface area contributed by atoms with Gasteiger partial charge in [-0.25, -0.2) is 8.42 Å². The molecule has 0 fully saturated rings. The molecule has 3 aromatic carbocycles. The second kappa shape index (κ2) is 13.1. The maximum atomic E-state index is 14.5. The highest BCUT2D eigenvalue weighted by Crippen LogP contribution is 2.36. The summed E-state index contributed by atoms with van der Waals surface area (Å²) in [4.78, 5) is 12.4. The highest BCUT2D eigenvalue weighted by molar-refractivity contribution is 7.89. The number of hydrogen-bond donors (Lipinski definition) is 0. The van der Waals surface area contributed by atoms with Gasteiger partial charge in [-0.2, -0.15) is 4.31 Å². The second-order valence-corrected chi connectivity index (χ2v) is 11.5. The van der Waals surface area contributed by atoms with Crippen LogP contribution >= 0.6 is 0 Å². The number of nitrogens with zero attached hydrogens (tertiary/aromatic N) is 1. The Morgan fingerprint density at radius 1 is 0.683 bits per heavy atom. The zero-order valence-electron chi connectivity index (χ0n) is 24.6. The number of esters is 1. The van der Waals surface area contributed by atoms with E-state index in [-0.39, 0.29) is 23.7 Å². The quantitative estimate of drug-likeness (QED) is 0.266. The van der Waals surface area contributed by atoms with Gasteiger partial charge < -0.3 is 28.4 Å². The summed E-state index contributed by atoms with van der Waals surface area (Å²) in [5.74, 6) is 1.67. The first kappa shape index (κ1) is 31.6. The summed E-state index contributed by atoms with van der Waals surface area (Å²) in [6.07, 6.45) is 0. The lowest BCUT2D eigenvalue weighted by atomic mass is 9.85. The van der Waals surface area contributed by atoms with Crippen LogP contribution in [0.2, 0.25) is 0 Å². The van der Waals surface area contributed by atoms with Crippen LogP contribution in [0.15, 0.2) is 59.5 Å². The van der Waals surface area contributed by atoms with Crippen molar-refractivity contribution in [1.82, 2.24) is 4.31 Å². The Morgan fingerprint density at radius 2 is 1.17 bits per heavy atom. The fraction of sp³-hybridized carbons (Fsp3) is 0.367. The first-order valence-electron chi connectivity index (χ1n) is 12.7. The Balaban J connectivity index is 2.22. The van der Waals surface area contributed by atoms with Crippen molar-refractivity contribution in [1.29, 1.82) is 0 Å². The number of carbonyl (C=O) groups excluding carboxylic acids is 1. The van der Waals surface area contributed by atoms with Gasteiger partial charge >= 0.3 is 5.97 Å². The van der Waals surface area contributed by atoms with E-state index in [4.69, 9.17) is 28.4 Å². The number of methoxy groups -OCH3 is 6. The summed E-state index contributed by atoms with van der Waals surface area (Å²) >= 11 is 0.